The summed E-state index contributed by atoms with van der Waals surface area (Å²) in [7, 11) is 0. The molecule has 1 aromatic carbocycles. The molecule has 0 aliphatic carbocycles. The minimum atomic E-state index is -0.923. The zero-order valence-electron chi connectivity index (χ0n) is 10.7. The molecule has 0 spiro atoms. The second kappa shape index (κ2) is 5.84. The van der Waals surface area contributed by atoms with Crippen LogP contribution in [0.2, 0.25) is 0 Å². The molecule has 0 saturated heterocycles. The van der Waals surface area contributed by atoms with E-state index >= 15 is 0 Å². The summed E-state index contributed by atoms with van der Waals surface area (Å²) in [6.07, 6.45) is 1.54. The lowest BCUT2D eigenvalue weighted by molar-refractivity contribution is 0.0696. The topological polar surface area (TPSA) is 63.1 Å². The Hall–Kier alpha value is -1.88. The van der Waals surface area contributed by atoms with Crippen LogP contribution in [0.15, 0.2) is 46.6 Å². The number of hydrogen-bond donors (Lipinski definition) is 1. The van der Waals surface area contributed by atoms with E-state index in [1.54, 1.807) is 24.5 Å². The van der Waals surface area contributed by atoms with Gasteiger partial charge in [0.05, 0.1) is 5.56 Å². The molecule has 0 unspecified atom stereocenters. The molecule has 1 aromatic heterocycles. The highest BCUT2D eigenvalue weighted by molar-refractivity contribution is 7.99. The Kier molecular flexibility index (Phi) is 4.16. The van der Waals surface area contributed by atoms with Gasteiger partial charge in [-0.25, -0.2) is 14.8 Å². The summed E-state index contributed by atoms with van der Waals surface area (Å²) in [4.78, 5) is 20.2. The van der Waals surface area contributed by atoms with Gasteiger partial charge in [0.2, 0.25) is 0 Å². The van der Waals surface area contributed by atoms with E-state index in [4.69, 9.17) is 5.11 Å². The van der Waals surface area contributed by atoms with E-state index < -0.39 is 5.97 Å². The quantitative estimate of drug-likeness (QED) is 0.865. The summed E-state index contributed by atoms with van der Waals surface area (Å²) in [5.74, 6) is -0.583. The van der Waals surface area contributed by atoms with Crippen LogP contribution in [0.4, 0.5) is 0 Å². The fraction of sp³-hybridized carbons (Fsp3) is 0.214. The maximum absolute atomic E-state index is 10.9. The van der Waals surface area contributed by atoms with Gasteiger partial charge < -0.3 is 5.11 Å². The second-order valence-electron chi connectivity index (χ2n) is 4.37. The molecule has 0 bridgehead atoms. The third-order valence-corrected chi connectivity index (χ3v) is 3.48. The fourth-order valence-corrected chi connectivity index (χ4v) is 2.39. The van der Waals surface area contributed by atoms with E-state index in [0.29, 0.717) is 5.92 Å². The molecule has 98 valence electrons. The van der Waals surface area contributed by atoms with Gasteiger partial charge >= 0.3 is 5.97 Å². The van der Waals surface area contributed by atoms with E-state index in [2.05, 4.69) is 23.8 Å². The van der Waals surface area contributed by atoms with Crippen molar-refractivity contribution in [3.63, 3.8) is 0 Å². The smallest absolute Gasteiger partial charge is 0.335 e. The molecule has 0 radical (unpaired) electrons. The molecule has 0 saturated carbocycles. The minimum absolute atomic E-state index is 0.281. The highest BCUT2D eigenvalue weighted by Crippen LogP contribution is 2.27. The van der Waals surface area contributed by atoms with Gasteiger partial charge in [0.15, 0.2) is 0 Å². The van der Waals surface area contributed by atoms with Crippen LogP contribution in [-0.4, -0.2) is 21.0 Å². The third-order valence-electron chi connectivity index (χ3n) is 2.56. The average Bonchev–Trinajstić information content (AvgIpc) is 2.39. The predicted molar refractivity (Wildman–Crippen MR) is 73.6 cm³/mol. The molecular formula is C14H14N2O2S. The largest absolute Gasteiger partial charge is 0.478 e. The lowest BCUT2D eigenvalue weighted by atomic mass is 10.1. The minimum Gasteiger partial charge on any atom is -0.478 e. The van der Waals surface area contributed by atoms with Gasteiger partial charge in [-0.05, 0) is 30.2 Å². The molecule has 2 aromatic rings. The van der Waals surface area contributed by atoms with Crippen molar-refractivity contribution >= 4 is 17.7 Å². The van der Waals surface area contributed by atoms with Gasteiger partial charge in [0, 0.05) is 10.6 Å². The maximum Gasteiger partial charge on any atom is 0.335 e. The van der Waals surface area contributed by atoms with Gasteiger partial charge in [0.1, 0.15) is 11.4 Å². The zero-order chi connectivity index (χ0) is 13.8. The Morgan fingerprint density at radius 2 is 2.05 bits per heavy atom. The Bertz CT molecular complexity index is 600. The lowest BCUT2D eigenvalue weighted by Gasteiger charge is -2.06. The monoisotopic (exact) mass is 274 g/mol. The highest BCUT2D eigenvalue weighted by atomic mass is 32.2. The number of hydrogen-bond acceptors (Lipinski definition) is 4. The predicted octanol–water partition coefficient (Wildman–Crippen LogP) is 3.45. The van der Waals surface area contributed by atoms with Crippen LogP contribution in [-0.2, 0) is 0 Å². The number of carbonyl (C=O) groups is 1. The number of rotatable bonds is 4. The lowest BCUT2D eigenvalue weighted by Crippen LogP contribution is -1.96. The molecule has 2 rings (SSSR count). The first kappa shape index (κ1) is 13.5. The summed E-state index contributed by atoms with van der Waals surface area (Å²) in [6.45, 7) is 4.14. The number of carboxylic acid groups (broad SMARTS) is 1. The molecule has 0 atom stereocenters. The van der Waals surface area contributed by atoms with E-state index in [-0.39, 0.29) is 5.56 Å². The Morgan fingerprint density at radius 1 is 1.26 bits per heavy atom. The summed E-state index contributed by atoms with van der Waals surface area (Å²) in [5, 5.41) is 9.78. The Labute approximate surface area is 115 Å². The van der Waals surface area contributed by atoms with E-state index in [1.165, 1.54) is 11.8 Å². The van der Waals surface area contributed by atoms with Crippen molar-refractivity contribution in [2.24, 2.45) is 0 Å². The summed E-state index contributed by atoms with van der Waals surface area (Å²) < 4.78 is 0. The molecule has 0 aliphatic rings. The van der Waals surface area contributed by atoms with Crippen molar-refractivity contribution in [2.45, 2.75) is 29.7 Å². The van der Waals surface area contributed by atoms with E-state index in [9.17, 15) is 4.79 Å². The van der Waals surface area contributed by atoms with Gasteiger partial charge in [-0.15, -0.1) is 0 Å². The van der Waals surface area contributed by atoms with Crippen molar-refractivity contribution in [3.05, 3.63) is 47.9 Å². The van der Waals surface area contributed by atoms with Gasteiger partial charge in [0.25, 0.3) is 0 Å². The van der Waals surface area contributed by atoms with Crippen LogP contribution in [0.3, 0.4) is 0 Å². The van der Waals surface area contributed by atoms with E-state index in [1.807, 2.05) is 12.1 Å². The first-order valence-corrected chi connectivity index (χ1v) is 6.71. The molecule has 1 heterocycles. The van der Waals surface area contributed by atoms with Crippen LogP contribution in [0.5, 0.6) is 0 Å². The molecule has 5 heteroatoms. The second-order valence-corrected chi connectivity index (χ2v) is 5.46. The first-order chi connectivity index (χ1) is 9.06. The van der Waals surface area contributed by atoms with Crippen molar-refractivity contribution < 1.29 is 9.90 Å². The van der Waals surface area contributed by atoms with Crippen LogP contribution >= 0.6 is 11.8 Å². The fourth-order valence-electron chi connectivity index (χ4n) is 1.54. The number of aromatic carboxylic acids is 1. The highest BCUT2D eigenvalue weighted by Gasteiger charge is 2.07. The summed E-state index contributed by atoms with van der Waals surface area (Å²) in [6, 6.07) is 8.75. The summed E-state index contributed by atoms with van der Waals surface area (Å²) in [5.41, 5.74) is 1.26. The molecule has 0 aliphatic heterocycles. The molecule has 4 nitrogen and oxygen atoms in total. The van der Waals surface area contributed by atoms with E-state index in [0.717, 1.165) is 15.6 Å². The number of aromatic nitrogens is 2. The van der Waals surface area contributed by atoms with Crippen LogP contribution < -0.4 is 0 Å². The standard InChI is InChI=1S/C14H14N2O2S/c1-9(2)12-7-13(16-8-15-12)19-11-5-3-4-10(6-11)14(17)18/h3-9H,1-2H3,(H,17,18). The third kappa shape index (κ3) is 3.54. The maximum atomic E-state index is 10.9. The molecule has 0 amide bonds. The Morgan fingerprint density at radius 3 is 2.74 bits per heavy atom. The van der Waals surface area contributed by atoms with Crippen molar-refractivity contribution in [3.8, 4) is 0 Å². The molecule has 0 fully saturated rings. The normalized spacial score (nSPS) is 10.7. The number of nitrogens with zero attached hydrogens (tertiary/aromatic N) is 2. The average molecular weight is 274 g/mol. The van der Waals surface area contributed by atoms with Gasteiger partial charge in [-0.2, -0.15) is 0 Å². The van der Waals surface area contributed by atoms with Gasteiger partial charge in [-0.1, -0.05) is 31.7 Å². The zero-order valence-corrected chi connectivity index (χ0v) is 11.5. The number of benzene rings is 1. The summed E-state index contributed by atoms with van der Waals surface area (Å²) >= 11 is 1.44. The SMILES string of the molecule is CC(C)c1cc(Sc2cccc(C(=O)O)c2)ncn1. The molecule has 1 N–H and O–H groups in total. The molecule has 19 heavy (non-hydrogen) atoms. The van der Waals surface area contributed by atoms with Crippen LogP contribution in [0.25, 0.3) is 0 Å². The van der Waals surface area contributed by atoms with Crippen molar-refractivity contribution in [2.75, 3.05) is 0 Å². The molecular weight excluding hydrogens is 260 g/mol. The van der Waals surface area contributed by atoms with Crippen molar-refractivity contribution in [1.82, 2.24) is 9.97 Å². The Balaban J connectivity index is 2.23. The van der Waals surface area contributed by atoms with Gasteiger partial charge in [-0.3, -0.25) is 0 Å². The first-order valence-electron chi connectivity index (χ1n) is 5.89. The van der Waals surface area contributed by atoms with Crippen molar-refractivity contribution in [1.29, 1.82) is 0 Å². The van der Waals surface area contributed by atoms with Crippen LogP contribution in [0, 0.1) is 0 Å². The number of carboxylic acids is 1. The van der Waals surface area contributed by atoms with Crippen LogP contribution in [0.1, 0.15) is 35.8 Å².